The maximum absolute atomic E-state index is 11.9. The molecule has 2 nitrogen and oxygen atoms in total. The standard InChI is InChI=1S/C12H18INOS/c1-9(14-16(15)12(2,3)4)10-5-7-11(13)8-6-10/h5-9,14H,1-4H3/t9-,16+/m0/s1. The Bertz CT molecular complexity index is 334. The van der Waals surface area contributed by atoms with E-state index in [2.05, 4.69) is 51.6 Å². The van der Waals surface area contributed by atoms with Gasteiger partial charge in [-0.3, -0.25) is 0 Å². The molecular weight excluding hydrogens is 333 g/mol. The van der Waals surface area contributed by atoms with Gasteiger partial charge in [0.15, 0.2) is 0 Å². The van der Waals surface area contributed by atoms with Gasteiger partial charge in [-0.1, -0.05) is 12.1 Å². The normalized spacial score (nSPS) is 15.9. The van der Waals surface area contributed by atoms with E-state index in [0.29, 0.717) is 0 Å². The molecule has 1 N–H and O–H groups in total. The van der Waals surface area contributed by atoms with Gasteiger partial charge in [0.2, 0.25) is 0 Å². The molecule has 4 heteroatoms. The lowest BCUT2D eigenvalue weighted by Gasteiger charge is -2.26. The van der Waals surface area contributed by atoms with Crippen LogP contribution < -0.4 is 4.72 Å². The van der Waals surface area contributed by atoms with E-state index < -0.39 is 11.4 Å². The average Bonchev–Trinajstić information content (AvgIpc) is 2.17. The number of hydrogen-bond acceptors (Lipinski definition) is 2. The number of nitrogens with one attached hydrogen (secondary N) is 1. The van der Waals surface area contributed by atoms with Gasteiger partial charge in [0.1, 0.15) is 4.75 Å². The first-order chi connectivity index (χ1) is 7.30. The van der Waals surface area contributed by atoms with Gasteiger partial charge < -0.3 is 4.55 Å². The molecule has 0 unspecified atom stereocenters. The molecule has 1 aromatic carbocycles. The van der Waals surface area contributed by atoms with E-state index in [1.165, 1.54) is 3.57 Å². The quantitative estimate of drug-likeness (QED) is 0.669. The summed E-state index contributed by atoms with van der Waals surface area (Å²) in [6.07, 6.45) is 0. The third-order valence-electron chi connectivity index (χ3n) is 2.21. The van der Waals surface area contributed by atoms with Crippen molar-refractivity contribution in [2.24, 2.45) is 0 Å². The Balaban J connectivity index is 2.65. The molecule has 16 heavy (non-hydrogen) atoms. The molecule has 0 bridgehead atoms. The van der Waals surface area contributed by atoms with E-state index in [4.69, 9.17) is 0 Å². The SMILES string of the molecule is C[C@H](N[S@+]([O-])C(C)(C)C)c1ccc(I)cc1. The predicted molar refractivity (Wildman–Crippen MR) is 78.6 cm³/mol. The Morgan fingerprint density at radius 1 is 1.25 bits per heavy atom. The summed E-state index contributed by atoms with van der Waals surface area (Å²) in [5.41, 5.74) is 1.16. The molecule has 1 rings (SSSR count). The van der Waals surface area contributed by atoms with Gasteiger partial charge in [-0.2, -0.15) is 0 Å². The number of rotatable bonds is 3. The summed E-state index contributed by atoms with van der Waals surface area (Å²) in [6, 6.07) is 8.37. The first-order valence-electron chi connectivity index (χ1n) is 5.24. The minimum absolute atomic E-state index is 0.108. The van der Waals surface area contributed by atoms with Crippen molar-refractivity contribution in [1.29, 1.82) is 0 Å². The van der Waals surface area contributed by atoms with Crippen LogP contribution in [0.3, 0.4) is 0 Å². The van der Waals surface area contributed by atoms with Crippen molar-refractivity contribution in [2.75, 3.05) is 0 Å². The molecule has 0 saturated heterocycles. The van der Waals surface area contributed by atoms with Gasteiger partial charge in [-0.25, -0.2) is 0 Å². The van der Waals surface area contributed by atoms with Crippen LogP contribution in [0, 0.1) is 3.57 Å². The Labute approximate surface area is 115 Å². The zero-order valence-electron chi connectivity index (χ0n) is 10.1. The van der Waals surface area contributed by atoms with Crippen molar-refractivity contribution in [1.82, 2.24) is 4.72 Å². The lowest BCUT2D eigenvalue weighted by molar-refractivity contribution is 0.531. The van der Waals surface area contributed by atoms with E-state index in [1.54, 1.807) is 0 Å². The van der Waals surface area contributed by atoms with Crippen molar-refractivity contribution in [3.63, 3.8) is 0 Å². The second-order valence-corrected chi connectivity index (χ2v) is 8.02. The minimum atomic E-state index is -1.03. The first kappa shape index (κ1) is 14.3. The third-order valence-corrected chi connectivity index (χ3v) is 4.61. The van der Waals surface area contributed by atoms with Crippen LogP contribution in [0.4, 0.5) is 0 Å². The molecule has 0 aliphatic heterocycles. The summed E-state index contributed by atoms with van der Waals surface area (Å²) in [6.45, 7) is 7.94. The summed E-state index contributed by atoms with van der Waals surface area (Å²) in [5.74, 6) is 0. The highest BCUT2D eigenvalue weighted by Gasteiger charge is 2.28. The molecule has 2 atom stereocenters. The van der Waals surface area contributed by atoms with E-state index in [1.807, 2.05) is 27.7 Å². The van der Waals surface area contributed by atoms with Gasteiger partial charge in [-0.15, -0.1) is 4.72 Å². The Morgan fingerprint density at radius 3 is 2.19 bits per heavy atom. The molecule has 0 aliphatic carbocycles. The van der Waals surface area contributed by atoms with Gasteiger partial charge in [0.25, 0.3) is 0 Å². The van der Waals surface area contributed by atoms with E-state index >= 15 is 0 Å². The van der Waals surface area contributed by atoms with Crippen LogP contribution in [-0.2, 0) is 11.4 Å². The van der Waals surface area contributed by atoms with Gasteiger partial charge in [-0.05, 0) is 68.0 Å². The molecule has 0 heterocycles. The second kappa shape index (κ2) is 5.71. The van der Waals surface area contributed by atoms with E-state index in [9.17, 15) is 4.55 Å². The van der Waals surface area contributed by atoms with Crippen molar-refractivity contribution in [2.45, 2.75) is 38.5 Å². The Morgan fingerprint density at radius 2 is 1.75 bits per heavy atom. The maximum atomic E-state index is 11.9. The minimum Gasteiger partial charge on any atom is -0.598 e. The molecule has 1 aromatic rings. The summed E-state index contributed by atoms with van der Waals surface area (Å²) in [5, 5.41) is 0. The summed E-state index contributed by atoms with van der Waals surface area (Å²) in [7, 11) is 0. The summed E-state index contributed by atoms with van der Waals surface area (Å²) >= 11 is 1.25. The maximum Gasteiger partial charge on any atom is 0.136 e. The highest BCUT2D eigenvalue weighted by molar-refractivity contribution is 14.1. The zero-order valence-corrected chi connectivity index (χ0v) is 13.1. The fraction of sp³-hybridized carbons (Fsp3) is 0.500. The molecule has 0 saturated carbocycles. The molecule has 0 radical (unpaired) electrons. The van der Waals surface area contributed by atoms with Crippen molar-refractivity contribution in [3.8, 4) is 0 Å². The molecule has 90 valence electrons. The molecule has 0 aliphatic rings. The fourth-order valence-corrected chi connectivity index (χ4v) is 2.33. The van der Waals surface area contributed by atoms with E-state index in [0.717, 1.165) is 5.56 Å². The monoisotopic (exact) mass is 351 g/mol. The third kappa shape index (κ3) is 4.24. The van der Waals surface area contributed by atoms with Gasteiger partial charge >= 0.3 is 0 Å². The molecule has 0 fully saturated rings. The Hall–Kier alpha value is 0.220. The van der Waals surface area contributed by atoms with Crippen LogP contribution >= 0.6 is 22.6 Å². The van der Waals surface area contributed by atoms with Crippen LogP contribution in [0.5, 0.6) is 0 Å². The Kier molecular flexibility index (Phi) is 5.10. The van der Waals surface area contributed by atoms with Crippen LogP contribution in [-0.4, -0.2) is 9.30 Å². The van der Waals surface area contributed by atoms with Crippen molar-refractivity contribution >= 4 is 34.0 Å². The largest absolute Gasteiger partial charge is 0.598 e. The van der Waals surface area contributed by atoms with Crippen LogP contribution in [0.2, 0.25) is 0 Å². The summed E-state index contributed by atoms with van der Waals surface area (Å²) < 4.78 is 16.0. The number of halogens is 1. The predicted octanol–water partition coefficient (Wildman–Crippen LogP) is 3.40. The van der Waals surface area contributed by atoms with Crippen LogP contribution in [0.1, 0.15) is 39.3 Å². The average molecular weight is 351 g/mol. The van der Waals surface area contributed by atoms with E-state index in [-0.39, 0.29) is 10.8 Å². The molecular formula is C12H18INOS. The molecule has 0 amide bonds. The van der Waals surface area contributed by atoms with Gasteiger partial charge in [0, 0.05) is 14.9 Å². The van der Waals surface area contributed by atoms with Crippen LogP contribution in [0.25, 0.3) is 0 Å². The smallest absolute Gasteiger partial charge is 0.136 e. The molecule has 0 aromatic heterocycles. The van der Waals surface area contributed by atoms with Crippen LogP contribution in [0.15, 0.2) is 24.3 Å². The lowest BCUT2D eigenvalue weighted by Crippen LogP contribution is -2.40. The van der Waals surface area contributed by atoms with Crippen molar-refractivity contribution < 1.29 is 4.55 Å². The zero-order chi connectivity index (χ0) is 12.3. The number of benzene rings is 1. The molecule has 0 spiro atoms. The first-order valence-corrected chi connectivity index (χ1v) is 7.47. The highest BCUT2D eigenvalue weighted by Crippen LogP contribution is 2.20. The second-order valence-electron chi connectivity index (χ2n) is 4.77. The number of hydrogen-bond donors (Lipinski definition) is 1. The fourth-order valence-electron chi connectivity index (χ4n) is 1.16. The highest BCUT2D eigenvalue weighted by atomic mass is 127. The lowest BCUT2D eigenvalue weighted by atomic mass is 10.1. The van der Waals surface area contributed by atoms with Gasteiger partial charge in [0.05, 0.1) is 6.04 Å². The topological polar surface area (TPSA) is 35.1 Å². The summed E-state index contributed by atoms with van der Waals surface area (Å²) in [4.78, 5) is 0. The van der Waals surface area contributed by atoms with Crippen molar-refractivity contribution in [3.05, 3.63) is 33.4 Å².